The summed E-state index contributed by atoms with van der Waals surface area (Å²) in [6, 6.07) is 0. The highest BCUT2D eigenvalue weighted by atomic mass is 16.7. The van der Waals surface area contributed by atoms with Crippen molar-refractivity contribution in [2.45, 2.75) is 65.5 Å². The number of carbonyl (C=O) groups is 1. The molecule has 0 spiro atoms. The topological polar surface area (TPSA) is 44.8 Å². The summed E-state index contributed by atoms with van der Waals surface area (Å²) in [6.45, 7) is 14.1. The predicted molar refractivity (Wildman–Crippen MR) is 71.3 cm³/mol. The lowest BCUT2D eigenvalue weighted by atomic mass is 9.66. The van der Waals surface area contributed by atoms with Gasteiger partial charge in [-0.2, -0.15) is 0 Å². The summed E-state index contributed by atoms with van der Waals surface area (Å²) in [4.78, 5) is 11.7. The van der Waals surface area contributed by atoms with Crippen molar-refractivity contribution in [3.05, 3.63) is 0 Å². The third-order valence-electron chi connectivity index (χ3n) is 4.15. The van der Waals surface area contributed by atoms with Crippen LogP contribution in [0, 0.1) is 5.92 Å². The predicted octanol–water partition coefficient (Wildman–Crippen LogP) is 2.67. The monoisotopic (exact) mass is 256 g/mol. The minimum absolute atomic E-state index is 0.0369. The Morgan fingerprint density at radius 2 is 1.61 bits per heavy atom. The standard InChI is InChI=1S/C13H25BO4/c1-8-16-11(15)9(2)10(3)14-17-12(4,5)13(6,7)18-14/h9-10H,8H2,1-7H3/t9-,10-/m0/s1. The van der Waals surface area contributed by atoms with Gasteiger partial charge in [0.15, 0.2) is 0 Å². The fourth-order valence-corrected chi connectivity index (χ4v) is 1.83. The van der Waals surface area contributed by atoms with E-state index in [9.17, 15) is 4.79 Å². The lowest BCUT2D eigenvalue weighted by Crippen LogP contribution is -2.41. The summed E-state index contributed by atoms with van der Waals surface area (Å²) in [5.41, 5.74) is -0.722. The number of esters is 1. The van der Waals surface area contributed by atoms with Gasteiger partial charge in [-0.25, -0.2) is 0 Å². The van der Waals surface area contributed by atoms with E-state index in [0.717, 1.165) is 0 Å². The van der Waals surface area contributed by atoms with E-state index >= 15 is 0 Å². The Balaban J connectivity index is 2.70. The van der Waals surface area contributed by atoms with E-state index in [1.165, 1.54) is 0 Å². The van der Waals surface area contributed by atoms with Gasteiger partial charge in [0.1, 0.15) is 0 Å². The smallest absolute Gasteiger partial charge is 0.461 e. The van der Waals surface area contributed by atoms with E-state index in [1.54, 1.807) is 0 Å². The molecule has 5 heteroatoms. The van der Waals surface area contributed by atoms with Crippen LogP contribution in [-0.4, -0.2) is 30.9 Å². The van der Waals surface area contributed by atoms with E-state index in [2.05, 4.69) is 0 Å². The summed E-state index contributed by atoms with van der Waals surface area (Å²) in [7, 11) is -0.366. The van der Waals surface area contributed by atoms with Crippen LogP contribution in [0.4, 0.5) is 0 Å². The molecule has 1 fully saturated rings. The van der Waals surface area contributed by atoms with E-state index in [4.69, 9.17) is 14.0 Å². The Hall–Kier alpha value is -0.545. The fourth-order valence-electron chi connectivity index (χ4n) is 1.83. The van der Waals surface area contributed by atoms with Crippen molar-refractivity contribution in [2.24, 2.45) is 5.92 Å². The molecule has 18 heavy (non-hydrogen) atoms. The molecular formula is C13H25BO4. The molecule has 1 aliphatic heterocycles. The van der Waals surface area contributed by atoms with Gasteiger partial charge in [0.2, 0.25) is 0 Å². The maximum absolute atomic E-state index is 11.7. The molecule has 0 bridgehead atoms. The van der Waals surface area contributed by atoms with E-state index in [-0.39, 0.29) is 36.0 Å². The van der Waals surface area contributed by atoms with Gasteiger partial charge in [0, 0.05) is 5.82 Å². The van der Waals surface area contributed by atoms with Gasteiger partial charge in [-0.3, -0.25) is 4.79 Å². The molecule has 0 N–H and O–H groups in total. The average molecular weight is 256 g/mol. The van der Waals surface area contributed by atoms with Crippen molar-refractivity contribution in [2.75, 3.05) is 6.61 Å². The minimum atomic E-state index is -0.366. The van der Waals surface area contributed by atoms with E-state index < -0.39 is 0 Å². The van der Waals surface area contributed by atoms with Crippen LogP contribution in [0.3, 0.4) is 0 Å². The molecule has 0 saturated carbocycles. The number of hydrogen-bond acceptors (Lipinski definition) is 4. The van der Waals surface area contributed by atoms with Crippen molar-refractivity contribution < 1.29 is 18.8 Å². The summed E-state index contributed by atoms with van der Waals surface area (Å²) in [5.74, 6) is -0.468. The molecule has 0 radical (unpaired) electrons. The largest absolute Gasteiger partial charge is 0.466 e. The minimum Gasteiger partial charge on any atom is -0.466 e. The van der Waals surface area contributed by atoms with Crippen LogP contribution in [-0.2, 0) is 18.8 Å². The molecule has 0 amide bonds. The Morgan fingerprint density at radius 3 is 2.00 bits per heavy atom. The van der Waals surface area contributed by atoms with Gasteiger partial charge >= 0.3 is 13.1 Å². The maximum atomic E-state index is 11.7. The molecule has 0 aromatic carbocycles. The van der Waals surface area contributed by atoms with Crippen LogP contribution in [0.5, 0.6) is 0 Å². The Morgan fingerprint density at radius 1 is 1.17 bits per heavy atom. The molecule has 1 rings (SSSR count). The highest BCUT2D eigenvalue weighted by molar-refractivity contribution is 6.47. The van der Waals surface area contributed by atoms with Crippen molar-refractivity contribution in [1.29, 1.82) is 0 Å². The van der Waals surface area contributed by atoms with Crippen LogP contribution in [0.1, 0.15) is 48.5 Å². The first-order valence-corrected chi connectivity index (χ1v) is 6.64. The first-order chi connectivity index (χ1) is 8.12. The van der Waals surface area contributed by atoms with Crippen LogP contribution in [0.15, 0.2) is 0 Å². The first kappa shape index (κ1) is 15.5. The van der Waals surface area contributed by atoms with Crippen LogP contribution >= 0.6 is 0 Å². The second-order valence-electron chi connectivity index (χ2n) is 6.02. The lowest BCUT2D eigenvalue weighted by Gasteiger charge is -2.32. The van der Waals surface area contributed by atoms with Crippen LogP contribution < -0.4 is 0 Å². The van der Waals surface area contributed by atoms with Crippen molar-refractivity contribution in [3.63, 3.8) is 0 Å². The highest BCUT2D eigenvalue weighted by Gasteiger charge is 2.54. The third-order valence-corrected chi connectivity index (χ3v) is 4.15. The van der Waals surface area contributed by atoms with Gasteiger partial charge < -0.3 is 14.0 Å². The summed E-state index contributed by atoms with van der Waals surface area (Å²) < 4.78 is 16.9. The number of hydrogen-bond donors (Lipinski definition) is 0. The van der Waals surface area contributed by atoms with Crippen LogP contribution in [0.2, 0.25) is 5.82 Å². The van der Waals surface area contributed by atoms with Gasteiger partial charge in [-0.15, -0.1) is 0 Å². The number of ether oxygens (including phenoxy) is 1. The lowest BCUT2D eigenvalue weighted by molar-refractivity contribution is -0.147. The van der Waals surface area contributed by atoms with Crippen molar-refractivity contribution in [1.82, 2.24) is 0 Å². The van der Waals surface area contributed by atoms with E-state index in [1.807, 2.05) is 48.5 Å². The zero-order valence-corrected chi connectivity index (χ0v) is 12.6. The molecule has 0 aromatic heterocycles. The average Bonchev–Trinajstić information content (AvgIpc) is 2.46. The van der Waals surface area contributed by atoms with Crippen molar-refractivity contribution in [3.8, 4) is 0 Å². The zero-order valence-electron chi connectivity index (χ0n) is 12.6. The second kappa shape index (κ2) is 5.21. The molecule has 0 unspecified atom stereocenters. The Bertz CT molecular complexity index is 298. The van der Waals surface area contributed by atoms with Crippen molar-refractivity contribution >= 4 is 13.1 Å². The van der Waals surface area contributed by atoms with Gasteiger partial charge in [-0.05, 0) is 34.6 Å². The fraction of sp³-hybridized carbons (Fsp3) is 0.923. The summed E-state index contributed by atoms with van der Waals surface area (Å²) in [5, 5.41) is 0. The highest BCUT2D eigenvalue weighted by Crippen LogP contribution is 2.41. The normalized spacial score (nSPS) is 24.7. The second-order valence-corrected chi connectivity index (χ2v) is 6.02. The SMILES string of the molecule is CCOC(=O)[C@@H](C)[C@H](C)B1OC(C)(C)C(C)(C)O1. The van der Waals surface area contributed by atoms with Crippen LogP contribution in [0.25, 0.3) is 0 Å². The molecule has 0 aliphatic carbocycles. The summed E-state index contributed by atoms with van der Waals surface area (Å²) >= 11 is 0. The quantitative estimate of drug-likeness (QED) is 0.573. The molecule has 1 saturated heterocycles. The third kappa shape index (κ3) is 2.89. The number of carbonyl (C=O) groups excluding carboxylic acids is 1. The Labute approximate surface area is 111 Å². The molecule has 4 nitrogen and oxygen atoms in total. The Kier molecular flexibility index (Phi) is 4.49. The molecule has 104 valence electrons. The maximum Gasteiger partial charge on any atom is 0.461 e. The zero-order chi connectivity index (χ0) is 14.1. The molecule has 1 heterocycles. The van der Waals surface area contributed by atoms with E-state index in [0.29, 0.717) is 6.61 Å². The molecular weight excluding hydrogens is 231 g/mol. The summed E-state index contributed by atoms with van der Waals surface area (Å²) in [6.07, 6.45) is 0. The number of rotatable bonds is 4. The van der Waals surface area contributed by atoms with Gasteiger partial charge in [0.25, 0.3) is 0 Å². The molecule has 2 atom stereocenters. The van der Waals surface area contributed by atoms with Gasteiger partial charge in [0.05, 0.1) is 23.7 Å². The molecule has 0 aromatic rings. The first-order valence-electron chi connectivity index (χ1n) is 6.64. The van der Waals surface area contributed by atoms with Gasteiger partial charge in [-0.1, -0.05) is 13.8 Å². The molecule has 1 aliphatic rings.